The molecular weight excluding hydrogens is 436 g/mol. The van der Waals surface area contributed by atoms with Crippen molar-refractivity contribution in [3.63, 3.8) is 0 Å². The first-order chi connectivity index (χ1) is 13.8. The van der Waals surface area contributed by atoms with Crippen molar-refractivity contribution in [1.29, 1.82) is 0 Å². The fourth-order valence-corrected chi connectivity index (χ4v) is 3.27. The van der Waals surface area contributed by atoms with Gasteiger partial charge in [-0.05, 0) is 70.6 Å². The number of carbonyl (C=O) groups is 1. The van der Waals surface area contributed by atoms with Gasteiger partial charge < -0.3 is 14.2 Å². The van der Waals surface area contributed by atoms with E-state index in [2.05, 4.69) is 40.3 Å². The molecule has 0 aliphatic heterocycles. The largest absolute Gasteiger partial charge is 0.493 e. The first kappa shape index (κ1) is 22.7. The molecule has 1 N–H and O–H groups in total. The number of hydrogen-bond donors (Lipinski definition) is 1. The highest BCUT2D eigenvalue weighted by atomic mass is 79.9. The van der Waals surface area contributed by atoms with Crippen molar-refractivity contribution in [2.24, 2.45) is 5.10 Å². The van der Waals surface area contributed by atoms with E-state index in [9.17, 15) is 4.79 Å². The van der Waals surface area contributed by atoms with E-state index in [0.717, 1.165) is 26.9 Å². The maximum absolute atomic E-state index is 12.1. The van der Waals surface area contributed by atoms with E-state index in [1.807, 2.05) is 38.1 Å². The molecule has 0 heterocycles. The van der Waals surface area contributed by atoms with Crippen LogP contribution in [0.1, 0.15) is 43.4 Å². The van der Waals surface area contributed by atoms with E-state index >= 15 is 0 Å². The van der Waals surface area contributed by atoms with Crippen LogP contribution < -0.4 is 19.6 Å². The summed E-state index contributed by atoms with van der Waals surface area (Å²) < 4.78 is 17.4. The molecule has 0 aliphatic rings. The van der Waals surface area contributed by atoms with Crippen LogP contribution in [-0.2, 0) is 4.79 Å². The van der Waals surface area contributed by atoms with Crippen LogP contribution in [0.3, 0.4) is 0 Å². The van der Waals surface area contributed by atoms with Gasteiger partial charge in [0.1, 0.15) is 5.75 Å². The van der Waals surface area contributed by atoms with E-state index in [0.29, 0.717) is 24.0 Å². The van der Waals surface area contributed by atoms with Crippen LogP contribution >= 0.6 is 15.9 Å². The molecule has 0 radical (unpaired) electrons. The second kappa shape index (κ2) is 10.9. The summed E-state index contributed by atoms with van der Waals surface area (Å²) in [5.41, 5.74) is 5.38. The Balaban J connectivity index is 1.99. The number of nitrogens with zero attached hydrogens (tertiary/aromatic N) is 1. The van der Waals surface area contributed by atoms with Crippen LogP contribution in [-0.4, -0.2) is 32.4 Å². The monoisotopic (exact) mass is 462 g/mol. The highest BCUT2D eigenvalue weighted by Gasteiger charge is 2.11. The summed E-state index contributed by atoms with van der Waals surface area (Å²) in [6.07, 6.45) is 1.53. The van der Waals surface area contributed by atoms with Crippen molar-refractivity contribution in [2.75, 3.05) is 20.3 Å². The third kappa shape index (κ3) is 6.49. The van der Waals surface area contributed by atoms with Crippen LogP contribution in [0.5, 0.6) is 17.2 Å². The van der Waals surface area contributed by atoms with Gasteiger partial charge in [-0.15, -0.1) is 0 Å². The minimum atomic E-state index is -0.338. The molecule has 6 nitrogen and oxygen atoms in total. The Hall–Kier alpha value is -2.54. The Kier molecular flexibility index (Phi) is 8.51. The number of hydrogen-bond acceptors (Lipinski definition) is 5. The van der Waals surface area contributed by atoms with Crippen LogP contribution in [0, 0.1) is 6.92 Å². The number of aryl methyl sites for hydroxylation is 1. The molecule has 7 heteroatoms. The number of carbonyl (C=O) groups excluding carboxylic acids is 1. The lowest BCUT2D eigenvalue weighted by molar-refractivity contribution is -0.123. The minimum Gasteiger partial charge on any atom is -0.493 e. The zero-order valence-corrected chi connectivity index (χ0v) is 19.0. The molecule has 0 fully saturated rings. The lowest BCUT2D eigenvalue weighted by Crippen LogP contribution is -2.25. The molecule has 1 amide bonds. The van der Waals surface area contributed by atoms with Gasteiger partial charge in [0.2, 0.25) is 0 Å². The molecule has 0 bridgehead atoms. The summed E-state index contributed by atoms with van der Waals surface area (Å²) in [6.45, 7) is 8.48. The molecule has 0 saturated carbocycles. The van der Waals surface area contributed by atoms with Crippen LogP contribution in [0.4, 0.5) is 0 Å². The van der Waals surface area contributed by atoms with Gasteiger partial charge in [-0.3, -0.25) is 4.79 Å². The molecule has 2 aromatic carbocycles. The Morgan fingerprint density at radius 1 is 1.21 bits per heavy atom. The Labute approximate surface area is 180 Å². The zero-order chi connectivity index (χ0) is 21.4. The second-order valence-corrected chi connectivity index (χ2v) is 7.60. The van der Waals surface area contributed by atoms with E-state index in [-0.39, 0.29) is 12.5 Å². The van der Waals surface area contributed by atoms with Gasteiger partial charge in [0, 0.05) is 0 Å². The first-order valence-corrected chi connectivity index (χ1v) is 10.2. The maximum Gasteiger partial charge on any atom is 0.277 e. The number of amides is 1. The number of methoxy groups -OCH3 is 1. The topological polar surface area (TPSA) is 69.2 Å². The number of ether oxygens (including phenoxy) is 3. The molecular formula is C22H27BrN2O4. The molecule has 156 valence electrons. The molecule has 0 saturated heterocycles. The van der Waals surface area contributed by atoms with Crippen LogP contribution in [0.2, 0.25) is 0 Å². The highest BCUT2D eigenvalue weighted by Crippen LogP contribution is 2.36. The van der Waals surface area contributed by atoms with E-state index < -0.39 is 0 Å². The predicted molar refractivity (Wildman–Crippen MR) is 118 cm³/mol. The summed E-state index contributed by atoms with van der Waals surface area (Å²) >= 11 is 3.46. The summed E-state index contributed by atoms with van der Waals surface area (Å²) in [5, 5.41) is 4.00. The van der Waals surface area contributed by atoms with Gasteiger partial charge in [-0.1, -0.05) is 26.0 Å². The average molecular weight is 463 g/mol. The normalized spacial score (nSPS) is 11.0. The van der Waals surface area contributed by atoms with E-state index in [4.69, 9.17) is 14.2 Å². The molecule has 0 spiro atoms. The Bertz CT molecular complexity index is 881. The summed E-state index contributed by atoms with van der Waals surface area (Å²) in [4.78, 5) is 12.1. The molecule has 2 rings (SSSR count). The highest BCUT2D eigenvalue weighted by molar-refractivity contribution is 9.10. The maximum atomic E-state index is 12.1. The molecule has 2 aromatic rings. The van der Waals surface area contributed by atoms with E-state index in [1.165, 1.54) is 6.21 Å². The van der Waals surface area contributed by atoms with Gasteiger partial charge in [0.25, 0.3) is 5.91 Å². The Morgan fingerprint density at radius 2 is 1.97 bits per heavy atom. The number of rotatable bonds is 9. The van der Waals surface area contributed by atoms with Crippen molar-refractivity contribution in [2.45, 2.75) is 33.6 Å². The third-order valence-electron chi connectivity index (χ3n) is 4.09. The third-order valence-corrected chi connectivity index (χ3v) is 4.68. The molecule has 0 aromatic heterocycles. The van der Waals surface area contributed by atoms with Crippen molar-refractivity contribution in [1.82, 2.24) is 5.43 Å². The first-order valence-electron chi connectivity index (χ1n) is 9.41. The van der Waals surface area contributed by atoms with Crippen molar-refractivity contribution in [3.8, 4) is 17.2 Å². The lowest BCUT2D eigenvalue weighted by atomic mass is 10.0. The summed E-state index contributed by atoms with van der Waals surface area (Å²) in [7, 11) is 1.57. The molecule has 29 heavy (non-hydrogen) atoms. The average Bonchev–Trinajstić information content (AvgIpc) is 2.68. The predicted octanol–water partition coefficient (Wildman–Crippen LogP) is 4.82. The van der Waals surface area contributed by atoms with Gasteiger partial charge in [-0.2, -0.15) is 5.10 Å². The smallest absolute Gasteiger partial charge is 0.277 e. The number of nitrogens with one attached hydrogen (secondary N) is 1. The fraction of sp³-hybridized carbons (Fsp3) is 0.364. The Morgan fingerprint density at radius 3 is 2.62 bits per heavy atom. The number of halogens is 1. The lowest BCUT2D eigenvalue weighted by Gasteiger charge is -2.14. The summed E-state index contributed by atoms with van der Waals surface area (Å²) in [6, 6.07) is 9.62. The van der Waals surface area contributed by atoms with Gasteiger partial charge in [0.15, 0.2) is 18.1 Å². The zero-order valence-electron chi connectivity index (χ0n) is 17.4. The van der Waals surface area contributed by atoms with E-state index in [1.54, 1.807) is 13.2 Å². The van der Waals surface area contributed by atoms with Crippen molar-refractivity contribution < 1.29 is 19.0 Å². The molecule has 0 atom stereocenters. The van der Waals surface area contributed by atoms with Crippen LogP contribution in [0.25, 0.3) is 0 Å². The van der Waals surface area contributed by atoms with Crippen LogP contribution in [0.15, 0.2) is 39.9 Å². The summed E-state index contributed by atoms with van der Waals surface area (Å²) in [5.74, 6) is 1.90. The number of hydrazone groups is 1. The van der Waals surface area contributed by atoms with Gasteiger partial charge >= 0.3 is 0 Å². The molecule has 0 aliphatic carbocycles. The number of benzene rings is 2. The van der Waals surface area contributed by atoms with Crippen molar-refractivity contribution in [3.05, 3.63) is 51.5 Å². The molecule has 0 unspecified atom stereocenters. The minimum absolute atomic E-state index is 0.114. The second-order valence-electron chi connectivity index (χ2n) is 6.74. The fourth-order valence-electron chi connectivity index (χ4n) is 2.70. The standard InChI is InChI=1S/C22H27BrN2O4/c1-6-28-22-18(23)10-16(11-20(22)27-5)12-24-25-21(26)13-29-19-9-15(4)7-8-17(19)14(2)3/h7-12,14H,6,13H2,1-5H3,(H,25,26). The van der Waals surface area contributed by atoms with Crippen molar-refractivity contribution >= 4 is 28.1 Å². The van der Waals surface area contributed by atoms with Gasteiger partial charge in [0.05, 0.1) is 24.4 Å². The SMILES string of the molecule is CCOc1c(Br)cc(C=NNC(=O)COc2cc(C)ccc2C(C)C)cc1OC. The van der Waals surface area contributed by atoms with Gasteiger partial charge in [-0.25, -0.2) is 5.43 Å². The quantitative estimate of drug-likeness (QED) is 0.428.